The van der Waals surface area contributed by atoms with Crippen LogP contribution >= 0.6 is 0 Å². The molecule has 2 N–H and O–H groups in total. The van der Waals surface area contributed by atoms with Crippen LogP contribution in [0, 0.1) is 6.92 Å². The van der Waals surface area contributed by atoms with Crippen LogP contribution in [0.1, 0.15) is 31.5 Å². The van der Waals surface area contributed by atoms with E-state index in [1.807, 2.05) is 11.7 Å². The summed E-state index contributed by atoms with van der Waals surface area (Å²) in [5.74, 6) is 1.14. The molecule has 0 saturated carbocycles. The lowest BCUT2D eigenvalue weighted by Crippen LogP contribution is -2.50. The number of hydrogen-bond acceptors (Lipinski definition) is 5. The fraction of sp³-hybridized carbons (Fsp3) is 0.800. The quantitative estimate of drug-likeness (QED) is 0.761. The van der Waals surface area contributed by atoms with Crippen LogP contribution in [0.3, 0.4) is 0 Å². The van der Waals surface area contributed by atoms with Gasteiger partial charge < -0.3 is 20.1 Å². The molecule has 2 heterocycles. The summed E-state index contributed by atoms with van der Waals surface area (Å²) in [6.07, 6.45) is 1.00. The molecule has 0 aliphatic carbocycles. The van der Waals surface area contributed by atoms with Crippen LogP contribution < -0.4 is 10.2 Å². The van der Waals surface area contributed by atoms with Crippen molar-refractivity contribution in [3.8, 4) is 0 Å². The van der Waals surface area contributed by atoms with E-state index < -0.39 is 0 Å². The van der Waals surface area contributed by atoms with Crippen molar-refractivity contribution in [1.82, 2.24) is 15.1 Å². The summed E-state index contributed by atoms with van der Waals surface area (Å²) in [6, 6.07) is 0.285. The van der Waals surface area contributed by atoms with Crippen molar-refractivity contribution < 1.29 is 9.84 Å². The topological polar surface area (TPSA) is 62.6 Å². The number of anilines is 1. The largest absolute Gasteiger partial charge is 0.394 e. The fourth-order valence-electron chi connectivity index (χ4n) is 2.87. The van der Waals surface area contributed by atoms with Crippen LogP contribution in [0.5, 0.6) is 0 Å². The van der Waals surface area contributed by atoms with E-state index in [9.17, 15) is 5.11 Å². The average Bonchev–Trinajstić information content (AvgIpc) is 2.74. The molecular formula is C15H28N4O2. The van der Waals surface area contributed by atoms with Gasteiger partial charge in [-0.05, 0) is 26.8 Å². The van der Waals surface area contributed by atoms with Crippen LogP contribution in [0.25, 0.3) is 0 Å². The van der Waals surface area contributed by atoms with Crippen molar-refractivity contribution in [2.75, 3.05) is 31.2 Å². The molecule has 2 rings (SSSR count). The Bertz CT molecular complexity index is 461. The number of ether oxygens (including phenoxy) is 1. The molecule has 1 aromatic rings. The summed E-state index contributed by atoms with van der Waals surface area (Å²) >= 11 is 0. The maximum absolute atomic E-state index is 9.37. The SMILES string of the molecule is CCCNCc1c(C)nn(C)c1N1CC(CO)OCC1C. The Kier molecular flexibility index (Phi) is 5.61. The highest BCUT2D eigenvalue weighted by Crippen LogP contribution is 2.27. The van der Waals surface area contributed by atoms with Gasteiger partial charge in [0.05, 0.1) is 31.1 Å². The van der Waals surface area contributed by atoms with E-state index in [1.165, 1.54) is 5.56 Å². The van der Waals surface area contributed by atoms with Gasteiger partial charge in [-0.25, -0.2) is 0 Å². The zero-order valence-corrected chi connectivity index (χ0v) is 13.6. The number of morpholine rings is 1. The maximum atomic E-state index is 9.37. The van der Waals surface area contributed by atoms with E-state index in [2.05, 4.69) is 36.1 Å². The second-order valence-corrected chi connectivity index (χ2v) is 5.83. The van der Waals surface area contributed by atoms with E-state index in [4.69, 9.17) is 4.74 Å². The number of nitrogens with one attached hydrogen (secondary N) is 1. The van der Waals surface area contributed by atoms with Gasteiger partial charge in [0.15, 0.2) is 0 Å². The van der Waals surface area contributed by atoms with Crippen molar-refractivity contribution in [2.24, 2.45) is 7.05 Å². The molecule has 0 amide bonds. The number of aliphatic hydroxyl groups is 1. The third-order valence-corrected chi connectivity index (χ3v) is 4.02. The summed E-state index contributed by atoms with van der Waals surface area (Å²) in [7, 11) is 1.99. The van der Waals surface area contributed by atoms with Crippen LogP contribution in [0.2, 0.25) is 0 Å². The number of aromatic nitrogens is 2. The molecule has 21 heavy (non-hydrogen) atoms. The van der Waals surface area contributed by atoms with Gasteiger partial charge in [-0.3, -0.25) is 4.68 Å². The smallest absolute Gasteiger partial charge is 0.131 e. The number of aliphatic hydroxyl groups excluding tert-OH is 1. The summed E-state index contributed by atoms with van der Waals surface area (Å²) in [5, 5.41) is 17.4. The van der Waals surface area contributed by atoms with Crippen LogP contribution in [0.4, 0.5) is 5.82 Å². The van der Waals surface area contributed by atoms with E-state index in [0.29, 0.717) is 13.2 Å². The molecule has 1 aliphatic rings. The van der Waals surface area contributed by atoms with Crippen molar-refractivity contribution >= 4 is 5.82 Å². The first kappa shape index (κ1) is 16.3. The van der Waals surface area contributed by atoms with Gasteiger partial charge >= 0.3 is 0 Å². The van der Waals surface area contributed by atoms with Gasteiger partial charge in [0.25, 0.3) is 0 Å². The fourth-order valence-corrected chi connectivity index (χ4v) is 2.87. The minimum absolute atomic E-state index is 0.0590. The molecule has 0 spiro atoms. The average molecular weight is 296 g/mol. The molecule has 1 saturated heterocycles. The van der Waals surface area contributed by atoms with Crippen LogP contribution in [-0.4, -0.2) is 53.3 Å². The summed E-state index contributed by atoms with van der Waals surface area (Å²) in [6.45, 7) is 9.61. The molecular weight excluding hydrogens is 268 g/mol. The highest BCUT2D eigenvalue weighted by Gasteiger charge is 2.30. The van der Waals surface area contributed by atoms with E-state index in [1.54, 1.807) is 0 Å². The number of rotatable bonds is 6. The van der Waals surface area contributed by atoms with Gasteiger partial charge in [-0.2, -0.15) is 5.10 Å². The second kappa shape index (κ2) is 7.24. The minimum Gasteiger partial charge on any atom is -0.394 e. The first-order valence-corrected chi connectivity index (χ1v) is 7.80. The van der Waals surface area contributed by atoms with E-state index >= 15 is 0 Å². The van der Waals surface area contributed by atoms with Crippen LogP contribution in [-0.2, 0) is 18.3 Å². The number of aryl methyl sites for hydroxylation is 2. The molecule has 2 atom stereocenters. The molecule has 0 radical (unpaired) electrons. The molecule has 6 nitrogen and oxygen atoms in total. The lowest BCUT2D eigenvalue weighted by Gasteiger charge is -2.39. The lowest BCUT2D eigenvalue weighted by molar-refractivity contribution is -0.0108. The first-order valence-electron chi connectivity index (χ1n) is 7.80. The summed E-state index contributed by atoms with van der Waals surface area (Å²) < 4.78 is 7.59. The summed E-state index contributed by atoms with van der Waals surface area (Å²) in [4.78, 5) is 2.31. The van der Waals surface area contributed by atoms with E-state index in [-0.39, 0.29) is 18.8 Å². The van der Waals surface area contributed by atoms with Crippen molar-refractivity contribution in [3.63, 3.8) is 0 Å². The highest BCUT2D eigenvalue weighted by molar-refractivity contribution is 5.51. The maximum Gasteiger partial charge on any atom is 0.131 e. The molecule has 1 aliphatic heterocycles. The summed E-state index contributed by atoms with van der Waals surface area (Å²) in [5.41, 5.74) is 2.31. The van der Waals surface area contributed by atoms with Crippen LogP contribution in [0.15, 0.2) is 0 Å². The Morgan fingerprint density at radius 2 is 2.24 bits per heavy atom. The molecule has 2 unspecified atom stereocenters. The molecule has 120 valence electrons. The normalized spacial score (nSPS) is 22.8. The molecule has 0 bridgehead atoms. The van der Waals surface area contributed by atoms with Crippen molar-refractivity contribution in [3.05, 3.63) is 11.3 Å². The molecule has 0 aromatic carbocycles. The van der Waals surface area contributed by atoms with Gasteiger partial charge in [0.1, 0.15) is 5.82 Å². The monoisotopic (exact) mass is 296 g/mol. The van der Waals surface area contributed by atoms with Gasteiger partial charge in [-0.15, -0.1) is 0 Å². The Hall–Kier alpha value is -1.11. The van der Waals surface area contributed by atoms with Crippen molar-refractivity contribution in [1.29, 1.82) is 0 Å². The zero-order valence-electron chi connectivity index (χ0n) is 13.6. The Morgan fingerprint density at radius 3 is 2.90 bits per heavy atom. The molecule has 1 aromatic heterocycles. The highest BCUT2D eigenvalue weighted by atomic mass is 16.5. The number of nitrogens with zero attached hydrogens (tertiary/aromatic N) is 3. The number of hydrogen-bond donors (Lipinski definition) is 2. The Morgan fingerprint density at radius 1 is 1.48 bits per heavy atom. The Balaban J connectivity index is 2.24. The van der Waals surface area contributed by atoms with Gasteiger partial charge in [0.2, 0.25) is 0 Å². The predicted octanol–water partition coefficient (Wildman–Crippen LogP) is 0.814. The van der Waals surface area contributed by atoms with E-state index in [0.717, 1.165) is 31.0 Å². The van der Waals surface area contributed by atoms with Crippen molar-refractivity contribution in [2.45, 2.75) is 45.9 Å². The Labute approximate surface area is 127 Å². The van der Waals surface area contributed by atoms with Gasteiger partial charge in [-0.1, -0.05) is 6.92 Å². The first-order chi connectivity index (χ1) is 10.1. The molecule has 1 fully saturated rings. The lowest BCUT2D eigenvalue weighted by atomic mass is 10.1. The zero-order chi connectivity index (χ0) is 15.4. The minimum atomic E-state index is -0.118. The predicted molar refractivity (Wildman–Crippen MR) is 83.6 cm³/mol. The standard InChI is InChI=1S/C15H28N4O2/c1-5-6-16-7-14-12(3)17-18(4)15(14)19-8-13(9-20)21-10-11(19)2/h11,13,16,20H,5-10H2,1-4H3. The molecule has 6 heteroatoms. The van der Waals surface area contributed by atoms with Gasteiger partial charge in [0, 0.05) is 25.7 Å². The second-order valence-electron chi connectivity index (χ2n) is 5.83. The third-order valence-electron chi connectivity index (χ3n) is 4.02. The third kappa shape index (κ3) is 3.56.